The number of guanidine groups is 1. The zero-order chi connectivity index (χ0) is 12.8. The van der Waals surface area contributed by atoms with E-state index in [1.165, 1.54) is 51.5 Å². The summed E-state index contributed by atoms with van der Waals surface area (Å²) in [5.41, 5.74) is 0. The van der Waals surface area contributed by atoms with Crippen molar-refractivity contribution >= 4 is 5.96 Å². The summed E-state index contributed by atoms with van der Waals surface area (Å²) in [5, 5.41) is 7.05. The second-order valence-electron chi connectivity index (χ2n) is 5.71. The number of nitrogens with one attached hydrogen (secondary N) is 2. The molecule has 2 N–H and O–H groups in total. The van der Waals surface area contributed by atoms with Gasteiger partial charge in [0.1, 0.15) is 0 Å². The predicted octanol–water partition coefficient (Wildman–Crippen LogP) is 1.58. The first-order chi connectivity index (χ1) is 8.79. The fraction of sp³-hybridized carbons (Fsp3) is 0.929. The van der Waals surface area contributed by atoms with Crippen LogP contribution in [0, 0.1) is 0 Å². The van der Waals surface area contributed by atoms with Crippen molar-refractivity contribution in [2.24, 2.45) is 4.99 Å². The molecular weight excluding hydrogens is 224 g/mol. The van der Waals surface area contributed by atoms with E-state index < -0.39 is 0 Å². The topological polar surface area (TPSA) is 39.7 Å². The van der Waals surface area contributed by atoms with Crippen LogP contribution in [0.1, 0.15) is 44.9 Å². The van der Waals surface area contributed by atoms with Crippen LogP contribution < -0.4 is 10.6 Å². The van der Waals surface area contributed by atoms with E-state index in [-0.39, 0.29) is 0 Å². The highest BCUT2D eigenvalue weighted by atomic mass is 15.2. The third-order valence-corrected chi connectivity index (χ3v) is 4.35. The van der Waals surface area contributed by atoms with Crippen molar-refractivity contribution in [3.05, 3.63) is 0 Å². The Kier molecular flexibility index (Phi) is 5.29. The molecule has 2 rings (SSSR count). The van der Waals surface area contributed by atoms with Gasteiger partial charge in [-0.2, -0.15) is 0 Å². The second-order valence-corrected chi connectivity index (χ2v) is 5.71. The molecule has 1 saturated heterocycles. The van der Waals surface area contributed by atoms with Gasteiger partial charge in [-0.1, -0.05) is 19.3 Å². The lowest BCUT2D eigenvalue weighted by atomic mass is 9.96. The lowest BCUT2D eigenvalue weighted by Crippen LogP contribution is -2.47. The van der Waals surface area contributed by atoms with Gasteiger partial charge in [0.05, 0.1) is 0 Å². The molecule has 0 aromatic carbocycles. The van der Waals surface area contributed by atoms with Crippen molar-refractivity contribution < 1.29 is 0 Å². The molecule has 2 aliphatic rings. The van der Waals surface area contributed by atoms with Crippen molar-refractivity contribution in [1.29, 1.82) is 0 Å². The Morgan fingerprint density at radius 2 is 1.94 bits per heavy atom. The summed E-state index contributed by atoms with van der Waals surface area (Å²) >= 11 is 0. The smallest absolute Gasteiger partial charge is 0.191 e. The quantitative estimate of drug-likeness (QED) is 0.592. The Hall–Kier alpha value is -0.770. The Labute approximate surface area is 111 Å². The first-order valence-corrected chi connectivity index (χ1v) is 7.47. The largest absolute Gasteiger partial charge is 0.355 e. The first kappa shape index (κ1) is 13.7. The van der Waals surface area contributed by atoms with Crippen molar-refractivity contribution in [1.82, 2.24) is 15.5 Å². The van der Waals surface area contributed by atoms with Crippen LogP contribution in [0.2, 0.25) is 0 Å². The molecule has 0 spiro atoms. The van der Waals surface area contributed by atoms with Gasteiger partial charge in [-0.3, -0.25) is 4.99 Å². The van der Waals surface area contributed by atoms with Crippen molar-refractivity contribution in [2.75, 3.05) is 27.2 Å². The Bertz CT molecular complexity index is 271. The minimum atomic E-state index is 0.631. The number of hydrogen-bond acceptors (Lipinski definition) is 2. The highest BCUT2D eigenvalue weighted by Crippen LogP contribution is 2.17. The average molecular weight is 252 g/mol. The molecule has 1 aliphatic heterocycles. The maximum atomic E-state index is 4.34. The van der Waals surface area contributed by atoms with Crippen LogP contribution in [-0.2, 0) is 0 Å². The van der Waals surface area contributed by atoms with Gasteiger partial charge >= 0.3 is 0 Å². The number of likely N-dealkylation sites (N-methyl/N-ethyl adjacent to an activating group) is 1. The van der Waals surface area contributed by atoms with Crippen LogP contribution in [0.4, 0.5) is 0 Å². The van der Waals surface area contributed by atoms with Gasteiger partial charge in [0.15, 0.2) is 5.96 Å². The number of aliphatic imine (C=N–C) groups is 1. The first-order valence-electron chi connectivity index (χ1n) is 7.47. The van der Waals surface area contributed by atoms with E-state index in [4.69, 9.17) is 0 Å². The minimum Gasteiger partial charge on any atom is -0.355 e. The molecule has 1 heterocycles. The van der Waals surface area contributed by atoms with Crippen LogP contribution in [0.25, 0.3) is 0 Å². The standard InChI is InChI=1S/C14H28N4/c1-15-14(17-12-7-4-3-5-8-12)16-11-13-9-6-10-18(13)2/h12-13H,3-11H2,1-2H3,(H2,15,16,17). The Balaban J connectivity index is 1.71. The molecule has 2 fully saturated rings. The molecule has 0 bridgehead atoms. The summed E-state index contributed by atoms with van der Waals surface area (Å²) in [5.74, 6) is 0.988. The van der Waals surface area contributed by atoms with Crippen LogP contribution in [0.3, 0.4) is 0 Å². The second kappa shape index (κ2) is 6.98. The van der Waals surface area contributed by atoms with Gasteiger partial charge in [-0.15, -0.1) is 0 Å². The van der Waals surface area contributed by atoms with Gasteiger partial charge in [-0.25, -0.2) is 0 Å². The van der Waals surface area contributed by atoms with E-state index in [1.54, 1.807) is 0 Å². The molecule has 4 nitrogen and oxygen atoms in total. The van der Waals surface area contributed by atoms with Gasteiger partial charge < -0.3 is 15.5 Å². The average Bonchev–Trinajstić information content (AvgIpc) is 2.81. The molecule has 0 amide bonds. The molecule has 1 unspecified atom stereocenters. The molecule has 4 heteroatoms. The molecule has 1 atom stereocenters. The van der Waals surface area contributed by atoms with E-state index in [0.29, 0.717) is 12.1 Å². The van der Waals surface area contributed by atoms with Gasteiger partial charge in [0.2, 0.25) is 0 Å². The highest BCUT2D eigenvalue weighted by Gasteiger charge is 2.21. The van der Waals surface area contributed by atoms with Crippen LogP contribution in [0.15, 0.2) is 4.99 Å². The summed E-state index contributed by atoms with van der Waals surface area (Å²) in [6.07, 6.45) is 9.35. The van der Waals surface area contributed by atoms with Gasteiger partial charge in [0.25, 0.3) is 0 Å². The zero-order valence-electron chi connectivity index (χ0n) is 11.9. The Morgan fingerprint density at radius 1 is 1.17 bits per heavy atom. The summed E-state index contributed by atoms with van der Waals surface area (Å²) in [4.78, 5) is 6.79. The highest BCUT2D eigenvalue weighted by molar-refractivity contribution is 5.80. The lowest BCUT2D eigenvalue weighted by molar-refractivity contribution is 0.308. The number of hydrogen-bond donors (Lipinski definition) is 2. The molecule has 18 heavy (non-hydrogen) atoms. The van der Waals surface area contributed by atoms with Crippen molar-refractivity contribution in [3.63, 3.8) is 0 Å². The molecule has 0 radical (unpaired) electrons. The fourth-order valence-electron chi connectivity index (χ4n) is 3.09. The van der Waals surface area contributed by atoms with Crippen LogP contribution in [-0.4, -0.2) is 50.1 Å². The summed E-state index contributed by atoms with van der Waals surface area (Å²) in [7, 11) is 4.09. The minimum absolute atomic E-state index is 0.631. The zero-order valence-corrected chi connectivity index (χ0v) is 11.9. The number of nitrogens with zero attached hydrogens (tertiary/aromatic N) is 2. The third kappa shape index (κ3) is 3.87. The number of rotatable bonds is 3. The van der Waals surface area contributed by atoms with E-state index in [2.05, 4.69) is 27.6 Å². The van der Waals surface area contributed by atoms with E-state index in [1.807, 2.05) is 7.05 Å². The van der Waals surface area contributed by atoms with E-state index in [9.17, 15) is 0 Å². The Morgan fingerprint density at radius 3 is 2.56 bits per heavy atom. The van der Waals surface area contributed by atoms with Gasteiger partial charge in [0, 0.05) is 25.7 Å². The summed E-state index contributed by atoms with van der Waals surface area (Å²) in [6.45, 7) is 2.25. The summed E-state index contributed by atoms with van der Waals surface area (Å²) < 4.78 is 0. The van der Waals surface area contributed by atoms with Crippen molar-refractivity contribution in [2.45, 2.75) is 57.0 Å². The predicted molar refractivity (Wildman–Crippen MR) is 77.0 cm³/mol. The van der Waals surface area contributed by atoms with Crippen LogP contribution in [0.5, 0.6) is 0 Å². The number of likely N-dealkylation sites (tertiary alicyclic amines) is 1. The maximum absolute atomic E-state index is 4.34. The van der Waals surface area contributed by atoms with Crippen molar-refractivity contribution in [3.8, 4) is 0 Å². The molecular formula is C14H28N4. The molecule has 0 aromatic rings. The molecule has 1 aliphatic carbocycles. The van der Waals surface area contributed by atoms with E-state index >= 15 is 0 Å². The monoisotopic (exact) mass is 252 g/mol. The maximum Gasteiger partial charge on any atom is 0.191 e. The SMILES string of the molecule is CN=C(NCC1CCCN1C)NC1CCCCC1. The molecule has 1 saturated carbocycles. The van der Waals surface area contributed by atoms with E-state index in [0.717, 1.165) is 12.5 Å². The molecule has 104 valence electrons. The summed E-state index contributed by atoms with van der Waals surface area (Å²) in [6, 6.07) is 1.31. The normalized spacial score (nSPS) is 27.4. The van der Waals surface area contributed by atoms with Crippen LogP contribution >= 0.6 is 0 Å². The fourth-order valence-corrected chi connectivity index (χ4v) is 3.09. The third-order valence-electron chi connectivity index (χ3n) is 4.35. The molecule has 0 aromatic heterocycles. The lowest BCUT2D eigenvalue weighted by Gasteiger charge is -2.26. The van der Waals surface area contributed by atoms with Gasteiger partial charge in [-0.05, 0) is 39.3 Å².